The fourth-order valence-corrected chi connectivity index (χ4v) is 10.3. The van der Waals surface area contributed by atoms with E-state index in [2.05, 4.69) is 216 Å². The molecule has 11 aromatic rings. The van der Waals surface area contributed by atoms with E-state index in [0.29, 0.717) is 0 Å². The zero-order chi connectivity index (χ0) is 38.2. The fourth-order valence-electron chi connectivity index (χ4n) is 9.15. The van der Waals surface area contributed by atoms with Gasteiger partial charge in [-0.2, -0.15) is 0 Å². The average Bonchev–Trinajstić information content (AvgIpc) is 3.84. The molecule has 4 heteroatoms. The summed E-state index contributed by atoms with van der Waals surface area (Å²) in [6.45, 7) is 0. The molecule has 2 aromatic heterocycles. The van der Waals surface area contributed by atoms with Crippen molar-refractivity contribution in [2.24, 2.45) is 0 Å². The first-order chi connectivity index (χ1) is 28.8. The van der Waals surface area contributed by atoms with Gasteiger partial charge in [-0.1, -0.05) is 152 Å². The molecule has 0 saturated carbocycles. The molecule has 1 aliphatic heterocycles. The summed E-state index contributed by atoms with van der Waals surface area (Å²) in [5.41, 5.74) is 19.2. The maximum Gasteiger partial charge on any atom is 0.137 e. The molecule has 3 nitrogen and oxygen atoms in total. The number of hydrogen-bond donors (Lipinski definition) is 2. The lowest BCUT2D eigenvalue weighted by molar-refractivity contribution is 0.758. The van der Waals surface area contributed by atoms with Gasteiger partial charge in [0.2, 0.25) is 0 Å². The van der Waals surface area contributed by atoms with Gasteiger partial charge >= 0.3 is 0 Å². The molecule has 272 valence electrons. The number of fused-ring (bicyclic) bond motifs is 8. The molecule has 0 atom stereocenters. The summed E-state index contributed by atoms with van der Waals surface area (Å²) in [6, 6.07) is 72.9. The van der Waals surface area contributed by atoms with Crippen LogP contribution in [-0.2, 0) is 0 Å². The number of nitrogens with zero attached hydrogens (tertiary/aromatic N) is 1. The highest BCUT2D eigenvalue weighted by Gasteiger charge is 2.23. The molecule has 0 saturated heterocycles. The predicted octanol–water partition coefficient (Wildman–Crippen LogP) is 12.2. The molecule has 0 fully saturated rings. The third kappa shape index (κ3) is 5.12. The Bertz CT molecular complexity index is 3500. The molecule has 0 radical (unpaired) electrons. The maximum atomic E-state index is 3.78. The van der Waals surface area contributed by atoms with Crippen molar-refractivity contribution in [1.82, 2.24) is 15.4 Å². The van der Waals surface area contributed by atoms with E-state index >= 15 is 0 Å². The van der Waals surface area contributed by atoms with Crippen molar-refractivity contribution >= 4 is 75.6 Å². The monoisotopic (exact) mass is 757 g/mol. The molecular formula is C54H35N3S. The lowest BCUT2D eigenvalue weighted by Crippen LogP contribution is -2.48. The Labute approximate surface area is 339 Å². The number of benzene rings is 9. The van der Waals surface area contributed by atoms with Gasteiger partial charge in [0.05, 0.1) is 16.7 Å². The van der Waals surface area contributed by atoms with Gasteiger partial charge in [0, 0.05) is 46.9 Å². The number of thiophene rings is 1. The van der Waals surface area contributed by atoms with Crippen LogP contribution in [0.3, 0.4) is 0 Å². The summed E-state index contributed by atoms with van der Waals surface area (Å²) in [7, 11) is 0. The van der Waals surface area contributed by atoms with Gasteiger partial charge in [0.1, 0.15) is 5.82 Å². The highest BCUT2D eigenvalue weighted by molar-refractivity contribution is 7.25. The second kappa shape index (κ2) is 13.1. The van der Waals surface area contributed by atoms with Gasteiger partial charge in [0.15, 0.2) is 0 Å². The van der Waals surface area contributed by atoms with Crippen LogP contribution in [0.25, 0.3) is 97.6 Å². The van der Waals surface area contributed by atoms with Crippen LogP contribution in [0.1, 0.15) is 5.56 Å². The van der Waals surface area contributed by atoms with E-state index in [1.54, 1.807) is 0 Å². The summed E-state index contributed by atoms with van der Waals surface area (Å²) in [5.74, 6) is 0.994. The van der Waals surface area contributed by atoms with Crippen molar-refractivity contribution in [2.75, 3.05) is 0 Å². The van der Waals surface area contributed by atoms with E-state index in [9.17, 15) is 0 Å². The van der Waals surface area contributed by atoms with E-state index in [0.717, 1.165) is 38.6 Å². The second-order valence-electron chi connectivity index (χ2n) is 15.1. The zero-order valence-corrected chi connectivity index (χ0v) is 32.2. The van der Waals surface area contributed by atoms with Crippen molar-refractivity contribution in [3.63, 3.8) is 0 Å². The first-order valence-corrected chi connectivity index (χ1v) is 20.6. The molecule has 12 rings (SSSR count). The lowest BCUT2D eigenvalue weighted by atomic mass is 9.94. The molecule has 0 amide bonds. The second-order valence-corrected chi connectivity index (χ2v) is 16.2. The number of rotatable bonds is 5. The summed E-state index contributed by atoms with van der Waals surface area (Å²) in [4.78, 5) is 0. The van der Waals surface area contributed by atoms with Crippen molar-refractivity contribution in [2.45, 2.75) is 0 Å². The van der Waals surface area contributed by atoms with Gasteiger partial charge in [0.25, 0.3) is 0 Å². The Morgan fingerprint density at radius 3 is 1.71 bits per heavy atom. The topological polar surface area (TPSA) is 29.0 Å². The molecule has 0 aliphatic carbocycles. The molecule has 58 heavy (non-hydrogen) atoms. The van der Waals surface area contributed by atoms with Crippen LogP contribution in [0.4, 0.5) is 0 Å². The smallest absolute Gasteiger partial charge is 0.137 e. The van der Waals surface area contributed by atoms with Crippen LogP contribution in [0.15, 0.2) is 200 Å². The van der Waals surface area contributed by atoms with Crippen LogP contribution < -0.4 is 21.3 Å². The Hall–Kier alpha value is -7.40. The molecule has 0 spiro atoms. The number of aromatic nitrogens is 1. The molecule has 9 aromatic carbocycles. The van der Waals surface area contributed by atoms with Gasteiger partial charge in [-0.15, -0.1) is 11.3 Å². The van der Waals surface area contributed by atoms with Crippen molar-refractivity contribution in [3.05, 3.63) is 216 Å². The van der Waals surface area contributed by atoms with Crippen molar-refractivity contribution in [3.8, 4) is 33.4 Å². The summed E-state index contributed by atoms with van der Waals surface area (Å²) in [6.07, 6.45) is 0. The van der Waals surface area contributed by atoms with Crippen molar-refractivity contribution < 1.29 is 0 Å². The van der Waals surface area contributed by atoms with Crippen LogP contribution >= 0.6 is 11.3 Å². The first kappa shape index (κ1) is 32.8. The Balaban J connectivity index is 1.16. The van der Waals surface area contributed by atoms with Crippen LogP contribution in [0.2, 0.25) is 0 Å². The minimum absolute atomic E-state index is 0.994. The highest BCUT2D eigenvalue weighted by atomic mass is 32.1. The lowest BCUT2D eigenvalue weighted by Gasteiger charge is -2.24. The Kier molecular flexibility index (Phi) is 7.40. The summed E-state index contributed by atoms with van der Waals surface area (Å²) in [5, 5.41) is 9.81. The largest absolute Gasteiger partial charge is 0.298 e. The quantitative estimate of drug-likeness (QED) is 0.183. The van der Waals surface area contributed by atoms with E-state index in [4.69, 9.17) is 0 Å². The first-order valence-electron chi connectivity index (χ1n) is 19.8. The third-order valence-electron chi connectivity index (χ3n) is 11.8. The van der Waals surface area contributed by atoms with Crippen LogP contribution in [0.5, 0.6) is 0 Å². The summed E-state index contributed by atoms with van der Waals surface area (Å²) >= 11 is 1.87. The number of nitrogens with one attached hydrogen (secondary N) is 2. The number of hydrazine groups is 1. The fraction of sp³-hybridized carbons (Fsp3) is 0. The predicted molar refractivity (Wildman–Crippen MR) is 246 cm³/mol. The normalized spacial score (nSPS) is 12.7. The molecule has 0 unspecified atom stereocenters. The van der Waals surface area contributed by atoms with Gasteiger partial charge in [-0.05, 0) is 92.7 Å². The molecule has 3 heterocycles. The molecule has 2 N–H and O–H groups in total. The van der Waals surface area contributed by atoms with Crippen LogP contribution in [0, 0.1) is 0 Å². The number of hydrogen-bond acceptors (Lipinski definition) is 3. The minimum atomic E-state index is 0.994. The van der Waals surface area contributed by atoms with E-state index < -0.39 is 0 Å². The van der Waals surface area contributed by atoms with E-state index in [-0.39, 0.29) is 0 Å². The Morgan fingerprint density at radius 2 is 0.948 bits per heavy atom. The van der Waals surface area contributed by atoms with E-state index in [1.807, 2.05) is 11.3 Å². The highest BCUT2D eigenvalue weighted by Crippen LogP contribution is 2.45. The van der Waals surface area contributed by atoms with E-state index in [1.165, 1.54) is 75.1 Å². The average molecular weight is 758 g/mol. The van der Waals surface area contributed by atoms with Gasteiger partial charge < -0.3 is 0 Å². The Morgan fingerprint density at radius 1 is 0.362 bits per heavy atom. The van der Waals surface area contributed by atoms with Gasteiger partial charge in [-0.25, -0.2) is 0 Å². The molecule has 1 aliphatic rings. The maximum absolute atomic E-state index is 3.78. The minimum Gasteiger partial charge on any atom is -0.298 e. The standard InChI is InChI=1S/C54H35N3S/c1-3-15-34(16-4-1)38-29-39(35-17-5-2-6-18-35)31-40(30-38)53-43-21-9-10-22-44(43)54(56-55-53)57-47-26-13-24-41(51(47)46-32-36-19-7-8-20-37(36)33-48(46)57)42-25-14-28-50-52(42)45-23-11-12-27-49(45)58-50/h1-33,55-56H. The molecular weight excluding hydrogens is 723 g/mol. The molecule has 0 bridgehead atoms. The van der Waals surface area contributed by atoms with Crippen LogP contribution in [-0.4, -0.2) is 4.57 Å². The third-order valence-corrected chi connectivity index (χ3v) is 12.9. The van der Waals surface area contributed by atoms with Crippen molar-refractivity contribution in [1.29, 1.82) is 0 Å². The summed E-state index contributed by atoms with van der Waals surface area (Å²) < 4.78 is 5.05. The zero-order valence-electron chi connectivity index (χ0n) is 31.4. The SMILES string of the molecule is c1ccc(-c2cc(C3=c4ccccc4=C(n4c5cc6ccccc6cc5c5c(-c6cccc7sc8ccccc8c67)cccc54)NN3)cc(-c3ccccc3)c2)cc1. The van der Waals surface area contributed by atoms with Gasteiger partial charge in [-0.3, -0.25) is 15.4 Å².